The monoisotopic (exact) mass is 151 g/mol. The Hall–Kier alpha value is -0.230. The first-order valence-corrected chi connectivity index (χ1v) is 3.02. The molecule has 60 valence electrons. The molecule has 10 heavy (non-hydrogen) atoms. The predicted molar refractivity (Wildman–Crippen MR) is 30.8 cm³/mol. The van der Waals surface area contributed by atoms with E-state index >= 15 is 0 Å². The lowest BCUT2D eigenvalue weighted by molar-refractivity contribution is -0.110. The maximum Gasteiger partial charge on any atom is 0.189 e. The molecule has 0 amide bonds. The highest BCUT2D eigenvalue weighted by Gasteiger charge is 2.42. The number of nitrogens with two attached hydrogens (primary N) is 1. The van der Waals surface area contributed by atoms with E-state index < -0.39 is 24.7 Å². The zero-order chi connectivity index (χ0) is 7.72. The molecule has 0 unspecified atom stereocenters. The van der Waals surface area contributed by atoms with Crippen LogP contribution in [0.4, 0.5) is 4.39 Å². The van der Waals surface area contributed by atoms with Crippen LogP contribution in [-0.4, -0.2) is 41.4 Å². The van der Waals surface area contributed by atoms with Crippen molar-refractivity contribution in [2.75, 3.05) is 6.54 Å². The Labute approximate surface area is 57.4 Å². The van der Waals surface area contributed by atoms with Crippen LogP contribution in [0, 0.1) is 0 Å². The van der Waals surface area contributed by atoms with Gasteiger partial charge in [-0.15, -0.1) is 0 Å². The van der Waals surface area contributed by atoms with Crippen molar-refractivity contribution in [1.29, 1.82) is 0 Å². The maximum absolute atomic E-state index is 12.5. The fourth-order valence-corrected chi connectivity index (χ4v) is 0.903. The molecule has 1 saturated heterocycles. The van der Waals surface area contributed by atoms with E-state index in [4.69, 9.17) is 15.9 Å². The van der Waals surface area contributed by atoms with E-state index in [1.54, 1.807) is 0 Å². The number of hydrogen-bond acceptors (Lipinski definition) is 4. The van der Waals surface area contributed by atoms with Crippen LogP contribution in [0.25, 0.3) is 0 Å². The molecule has 0 radical (unpaired) electrons. The molecule has 0 aromatic heterocycles. The van der Waals surface area contributed by atoms with Crippen LogP contribution in [0.2, 0.25) is 0 Å². The Kier molecular flexibility index (Phi) is 2.20. The highest BCUT2D eigenvalue weighted by atomic mass is 19.1. The van der Waals surface area contributed by atoms with Crippen LogP contribution in [0.5, 0.6) is 0 Å². The Bertz CT molecular complexity index is 123. The van der Waals surface area contributed by atoms with Crippen molar-refractivity contribution in [2.45, 2.75) is 24.7 Å². The highest BCUT2D eigenvalue weighted by Crippen LogP contribution is 2.21. The molecule has 0 aliphatic carbocycles. The van der Waals surface area contributed by atoms with Gasteiger partial charge in [-0.1, -0.05) is 0 Å². The van der Waals surface area contributed by atoms with Gasteiger partial charge >= 0.3 is 0 Å². The summed E-state index contributed by atoms with van der Waals surface area (Å²) in [5.41, 5.74) is 5.09. The third-order valence-corrected chi connectivity index (χ3v) is 1.53. The van der Waals surface area contributed by atoms with Crippen LogP contribution in [0.3, 0.4) is 0 Å². The molecular formula is C5H10FNO3. The number of alkyl halides is 1. The van der Waals surface area contributed by atoms with Crippen molar-refractivity contribution in [3.63, 3.8) is 0 Å². The van der Waals surface area contributed by atoms with E-state index in [0.717, 1.165) is 0 Å². The van der Waals surface area contributed by atoms with Gasteiger partial charge in [0.2, 0.25) is 0 Å². The van der Waals surface area contributed by atoms with Gasteiger partial charge in [0.15, 0.2) is 12.5 Å². The Balaban J connectivity index is 2.53. The first kappa shape index (κ1) is 7.87. The molecule has 0 saturated carbocycles. The van der Waals surface area contributed by atoms with Crippen LogP contribution < -0.4 is 5.73 Å². The fraction of sp³-hybridized carbons (Fsp3) is 1.00. The molecule has 4 N–H and O–H groups in total. The van der Waals surface area contributed by atoms with E-state index in [-0.39, 0.29) is 6.54 Å². The Morgan fingerprint density at radius 2 is 2.10 bits per heavy atom. The normalized spacial score (nSPS) is 48.0. The van der Waals surface area contributed by atoms with Gasteiger partial charge in [-0.25, -0.2) is 4.39 Å². The van der Waals surface area contributed by atoms with Gasteiger partial charge in [0.05, 0.1) is 0 Å². The van der Waals surface area contributed by atoms with E-state index in [0.29, 0.717) is 0 Å². The lowest BCUT2D eigenvalue weighted by Gasteiger charge is -2.09. The van der Waals surface area contributed by atoms with Gasteiger partial charge < -0.3 is 20.7 Å². The minimum absolute atomic E-state index is 0.0125. The number of aliphatic hydroxyl groups is 2. The van der Waals surface area contributed by atoms with Crippen molar-refractivity contribution in [1.82, 2.24) is 0 Å². The molecule has 0 bridgehead atoms. The quantitative estimate of drug-likeness (QED) is 0.420. The summed E-state index contributed by atoms with van der Waals surface area (Å²) < 4.78 is 17.0. The summed E-state index contributed by atoms with van der Waals surface area (Å²) in [6.45, 7) is 0.0125. The minimum atomic E-state index is -1.73. The number of aliphatic hydroxyl groups excluding tert-OH is 2. The van der Waals surface area contributed by atoms with Crippen LogP contribution >= 0.6 is 0 Å². The molecule has 1 fully saturated rings. The summed E-state index contributed by atoms with van der Waals surface area (Å²) >= 11 is 0. The molecular weight excluding hydrogens is 141 g/mol. The standard InChI is InChI=1S/C5H10FNO3/c6-3-4(8)2(1-7)10-5(3)9/h2-5,8-9H,1,7H2/t2-,3+,4-,5-/m1/s1. The van der Waals surface area contributed by atoms with E-state index in [1.807, 2.05) is 0 Å². The van der Waals surface area contributed by atoms with Crippen LogP contribution in [-0.2, 0) is 4.74 Å². The van der Waals surface area contributed by atoms with Crippen molar-refractivity contribution >= 4 is 0 Å². The first-order chi connectivity index (χ1) is 4.66. The third-order valence-electron chi connectivity index (χ3n) is 1.53. The van der Waals surface area contributed by atoms with Gasteiger partial charge in [-0.05, 0) is 0 Å². The summed E-state index contributed by atoms with van der Waals surface area (Å²) in [6.07, 6.45) is -5.32. The fourth-order valence-electron chi connectivity index (χ4n) is 0.903. The first-order valence-electron chi connectivity index (χ1n) is 3.02. The largest absolute Gasteiger partial charge is 0.387 e. The summed E-state index contributed by atoms with van der Waals surface area (Å²) in [6, 6.07) is 0. The van der Waals surface area contributed by atoms with Crippen molar-refractivity contribution in [3.8, 4) is 0 Å². The van der Waals surface area contributed by atoms with Gasteiger partial charge in [0.25, 0.3) is 0 Å². The molecule has 4 atom stereocenters. The molecule has 5 heteroatoms. The zero-order valence-electron chi connectivity index (χ0n) is 5.27. The molecule has 1 heterocycles. The molecule has 0 aromatic rings. The molecule has 0 aromatic carbocycles. The summed E-state index contributed by atoms with van der Waals surface area (Å²) in [7, 11) is 0. The smallest absolute Gasteiger partial charge is 0.189 e. The van der Waals surface area contributed by atoms with E-state index in [9.17, 15) is 4.39 Å². The summed E-state index contributed by atoms with van der Waals surface area (Å²) in [4.78, 5) is 0. The van der Waals surface area contributed by atoms with Gasteiger partial charge in [0, 0.05) is 6.54 Å². The maximum atomic E-state index is 12.5. The van der Waals surface area contributed by atoms with E-state index in [1.165, 1.54) is 0 Å². The molecule has 4 nitrogen and oxygen atoms in total. The number of ether oxygens (including phenoxy) is 1. The number of rotatable bonds is 1. The lowest BCUT2D eigenvalue weighted by Crippen LogP contribution is -2.33. The summed E-state index contributed by atoms with van der Waals surface area (Å²) in [5, 5.41) is 17.5. The molecule has 0 spiro atoms. The van der Waals surface area contributed by atoms with Gasteiger partial charge in [0.1, 0.15) is 12.2 Å². The second-order valence-corrected chi connectivity index (χ2v) is 2.24. The minimum Gasteiger partial charge on any atom is -0.387 e. The molecule has 1 aliphatic rings. The van der Waals surface area contributed by atoms with Crippen LogP contribution in [0.15, 0.2) is 0 Å². The van der Waals surface area contributed by atoms with Crippen molar-refractivity contribution < 1.29 is 19.3 Å². The van der Waals surface area contributed by atoms with Crippen LogP contribution in [0.1, 0.15) is 0 Å². The highest BCUT2D eigenvalue weighted by molar-refractivity contribution is 4.86. The average molecular weight is 151 g/mol. The average Bonchev–Trinajstić information content (AvgIpc) is 2.17. The van der Waals surface area contributed by atoms with Crippen molar-refractivity contribution in [3.05, 3.63) is 0 Å². The number of hydrogen-bond donors (Lipinski definition) is 3. The van der Waals surface area contributed by atoms with Gasteiger partial charge in [-0.2, -0.15) is 0 Å². The SMILES string of the molecule is NC[C@H]1O[C@@H](O)[C@@H](F)[C@@H]1O. The van der Waals surface area contributed by atoms with E-state index in [2.05, 4.69) is 4.74 Å². The second kappa shape index (κ2) is 2.79. The topological polar surface area (TPSA) is 75.7 Å². The second-order valence-electron chi connectivity index (χ2n) is 2.24. The molecule has 1 rings (SSSR count). The van der Waals surface area contributed by atoms with Crippen molar-refractivity contribution in [2.24, 2.45) is 5.73 Å². The number of halogens is 1. The van der Waals surface area contributed by atoms with Gasteiger partial charge in [-0.3, -0.25) is 0 Å². The Morgan fingerprint density at radius 3 is 2.30 bits per heavy atom. The summed E-state index contributed by atoms with van der Waals surface area (Å²) in [5.74, 6) is 0. The molecule has 1 aliphatic heterocycles. The lowest BCUT2D eigenvalue weighted by atomic mass is 10.1. The Morgan fingerprint density at radius 1 is 1.50 bits per heavy atom. The zero-order valence-corrected chi connectivity index (χ0v) is 5.27. The predicted octanol–water partition coefficient (Wildman–Crippen LogP) is -1.64. The third kappa shape index (κ3) is 1.13.